The average molecular weight is 542 g/mol. The van der Waals surface area contributed by atoms with Crippen molar-refractivity contribution in [2.75, 3.05) is 26.5 Å². The van der Waals surface area contributed by atoms with Crippen LogP contribution in [-0.2, 0) is 16.1 Å². The van der Waals surface area contributed by atoms with Crippen LogP contribution in [0.25, 0.3) is 0 Å². The van der Waals surface area contributed by atoms with Crippen molar-refractivity contribution >= 4 is 26.4 Å². The Balaban J connectivity index is 1.42. The Kier molecular flexibility index (Phi) is 8.83. The van der Waals surface area contributed by atoms with Crippen molar-refractivity contribution in [1.29, 1.82) is 0 Å². The molecule has 8 nitrogen and oxygen atoms in total. The van der Waals surface area contributed by atoms with Crippen LogP contribution in [0.2, 0.25) is 25.7 Å². The van der Waals surface area contributed by atoms with Gasteiger partial charge >= 0.3 is 6.03 Å². The quantitative estimate of drug-likeness (QED) is 0.171. The Morgan fingerprint density at radius 2 is 1.95 bits per heavy atom. The number of hydrogen-bond donors (Lipinski definition) is 1. The number of ether oxygens (including phenoxy) is 2. The van der Waals surface area contributed by atoms with Crippen molar-refractivity contribution in [3.8, 4) is 5.75 Å². The molecule has 1 N–H and O–H groups in total. The Morgan fingerprint density at radius 3 is 2.61 bits per heavy atom. The molecule has 38 heavy (non-hydrogen) atoms. The summed E-state index contributed by atoms with van der Waals surface area (Å²) < 4.78 is 25.0. The van der Waals surface area contributed by atoms with Crippen LogP contribution in [0.3, 0.4) is 0 Å². The minimum atomic E-state index is -1.32. The molecular formula is C28H36FN3O5Si. The molecule has 4 rings (SSSR count). The van der Waals surface area contributed by atoms with Crippen LogP contribution in [0.1, 0.15) is 40.4 Å². The number of nitrogens with one attached hydrogen (secondary N) is 1. The van der Waals surface area contributed by atoms with Crippen LogP contribution in [0.15, 0.2) is 42.5 Å². The van der Waals surface area contributed by atoms with Crippen molar-refractivity contribution in [2.45, 2.75) is 51.1 Å². The molecule has 1 atom stereocenters. The van der Waals surface area contributed by atoms with E-state index >= 15 is 0 Å². The van der Waals surface area contributed by atoms with Gasteiger partial charge in [-0.2, -0.15) is 0 Å². The third-order valence-corrected chi connectivity index (χ3v) is 8.43. The van der Waals surface area contributed by atoms with E-state index in [1.807, 2.05) is 12.1 Å². The fourth-order valence-electron chi connectivity index (χ4n) is 4.14. The van der Waals surface area contributed by atoms with Gasteiger partial charge in [-0.05, 0) is 60.2 Å². The minimum absolute atomic E-state index is 0.145. The van der Waals surface area contributed by atoms with E-state index in [0.717, 1.165) is 16.5 Å². The highest BCUT2D eigenvalue weighted by molar-refractivity contribution is 6.76. The number of fused-ring (bicyclic) bond motifs is 1. The second-order valence-electron chi connectivity index (χ2n) is 11.2. The molecule has 0 bridgehead atoms. The van der Waals surface area contributed by atoms with Crippen LogP contribution in [-0.4, -0.2) is 62.7 Å². The van der Waals surface area contributed by atoms with Crippen molar-refractivity contribution in [3.63, 3.8) is 0 Å². The maximum Gasteiger partial charge on any atom is 0.326 e. The fourth-order valence-corrected chi connectivity index (χ4v) is 4.89. The Bertz CT molecular complexity index is 1150. The molecule has 1 heterocycles. The summed E-state index contributed by atoms with van der Waals surface area (Å²) in [4.78, 5) is 40.5. The molecule has 0 radical (unpaired) electrons. The first-order valence-electron chi connectivity index (χ1n) is 13.0. The third-order valence-electron chi connectivity index (χ3n) is 6.73. The van der Waals surface area contributed by atoms with Crippen LogP contribution in [0.5, 0.6) is 5.75 Å². The molecule has 2 aliphatic rings. The Hall–Kier alpha value is -3.24. The SMILES string of the molecule is C[Si](C)(C)CCOCN(C=O)C(=O)N[C@@H](CN1Cc2ccc(OCC3CC3)cc2C1=O)c1ccc(F)cc1. The zero-order chi connectivity index (χ0) is 27.3. The number of imide groups is 1. The molecule has 1 aliphatic heterocycles. The predicted octanol–water partition coefficient (Wildman–Crippen LogP) is 4.79. The van der Waals surface area contributed by atoms with Gasteiger partial charge < -0.3 is 19.7 Å². The number of urea groups is 1. The third kappa shape index (κ3) is 7.64. The topological polar surface area (TPSA) is 88.2 Å². The van der Waals surface area contributed by atoms with Gasteiger partial charge in [-0.3, -0.25) is 9.59 Å². The van der Waals surface area contributed by atoms with Gasteiger partial charge in [-0.1, -0.05) is 37.8 Å². The Labute approximate surface area is 224 Å². The van der Waals surface area contributed by atoms with Gasteiger partial charge in [0.25, 0.3) is 5.91 Å². The number of amides is 4. The van der Waals surface area contributed by atoms with E-state index in [1.165, 1.54) is 25.0 Å². The first-order valence-corrected chi connectivity index (χ1v) is 16.7. The number of carbonyl (C=O) groups is 3. The largest absolute Gasteiger partial charge is 0.493 e. The number of hydrogen-bond acceptors (Lipinski definition) is 5. The molecule has 204 valence electrons. The highest BCUT2D eigenvalue weighted by Gasteiger charge is 2.31. The highest BCUT2D eigenvalue weighted by Crippen LogP contribution is 2.32. The van der Waals surface area contributed by atoms with Gasteiger partial charge in [0.1, 0.15) is 18.3 Å². The van der Waals surface area contributed by atoms with Crippen molar-refractivity contribution in [2.24, 2.45) is 5.92 Å². The fraction of sp³-hybridized carbons (Fsp3) is 0.464. The van der Waals surface area contributed by atoms with E-state index in [-0.39, 0.29) is 19.2 Å². The van der Waals surface area contributed by atoms with Gasteiger partial charge in [-0.15, -0.1) is 0 Å². The number of carbonyl (C=O) groups excluding carboxylic acids is 3. The van der Waals surface area contributed by atoms with Crippen molar-refractivity contribution in [3.05, 3.63) is 65.0 Å². The van der Waals surface area contributed by atoms with Crippen molar-refractivity contribution < 1.29 is 28.2 Å². The van der Waals surface area contributed by atoms with Gasteiger partial charge in [0, 0.05) is 33.3 Å². The summed E-state index contributed by atoms with van der Waals surface area (Å²) in [5.41, 5.74) is 2.07. The van der Waals surface area contributed by atoms with Gasteiger partial charge in [-0.25, -0.2) is 14.1 Å². The zero-order valence-corrected chi connectivity index (χ0v) is 23.2. The first kappa shape index (κ1) is 27.8. The average Bonchev–Trinajstić information content (AvgIpc) is 3.66. The van der Waals surface area contributed by atoms with Crippen LogP contribution in [0, 0.1) is 11.7 Å². The molecule has 0 spiro atoms. The van der Waals surface area contributed by atoms with Crippen LogP contribution < -0.4 is 10.1 Å². The number of benzene rings is 2. The second kappa shape index (κ2) is 12.1. The highest BCUT2D eigenvalue weighted by atomic mass is 28.3. The summed E-state index contributed by atoms with van der Waals surface area (Å²) in [6.07, 6.45) is 2.78. The van der Waals surface area contributed by atoms with Gasteiger partial charge in [0.05, 0.1) is 12.6 Å². The second-order valence-corrected chi connectivity index (χ2v) is 16.9. The molecule has 1 saturated carbocycles. The Morgan fingerprint density at radius 1 is 1.21 bits per heavy atom. The maximum absolute atomic E-state index is 13.6. The summed E-state index contributed by atoms with van der Waals surface area (Å²) in [6.45, 7) is 8.11. The minimum Gasteiger partial charge on any atom is -0.493 e. The first-order chi connectivity index (χ1) is 18.1. The molecule has 4 amide bonds. The van der Waals surface area contributed by atoms with Crippen LogP contribution in [0.4, 0.5) is 9.18 Å². The lowest BCUT2D eigenvalue weighted by molar-refractivity contribution is -0.119. The number of halogens is 1. The monoisotopic (exact) mass is 541 g/mol. The standard InChI is InChI=1S/C28H36FN3O5Si/c1-38(2,3)13-12-36-19-32(18-33)28(35)30-26(21-6-9-23(29)10-7-21)16-31-15-22-8-11-24(14-25(22)27(31)34)37-17-20-4-5-20/h6-11,14,18,20,26H,4-5,12-13,15-17,19H2,1-3H3,(H,30,35)/t26-/m0/s1. The van der Waals surface area contributed by atoms with Gasteiger partial charge in [0.2, 0.25) is 6.41 Å². The van der Waals surface area contributed by atoms with E-state index in [0.29, 0.717) is 49.0 Å². The lowest BCUT2D eigenvalue weighted by atomic mass is 10.1. The summed E-state index contributed by atoms with van der Waals surface area (Å²) in [5.74, 6) is 0.699. The van der Waals surface area contributed by atoms with Gasteiger partial charge in [0.15, 0.2) is 0 Å². The predicted molar refractivity (Wildman–Crippen MR) is 144 cm³/mol. The molecule has 0 saturated heterocycles. The molecule has 0 aromatic heterocycles. The molecule has 10 heteroatoms. The lowest BCUT2D eigenvalue weighted by Crippen LogP contribution is -2.45. The molecule has 1 aliphatic carbocycles. The van der Waals surface area contributed by atoms with E-state index < -0.39 is 26.0 Å². The molecule has 2 aromatic rings. The lowest BCUT2D eigenvalue weighted by Gasteiger charge is -2.27. The van der Waals surface area contributed by atoms with Crippen molar-refractivity contribution in [1.82, 2.24) is 15.1 Å². The molecule has 1 fully saturated rings. The summed E-state index contributed by atoms with van der Waals surface area (Å²) in [7, 11) is -1.32. The van der Waals surface area contributed by atoms with E-state index in [4.69, 9.17) is 9.47 Å². The normalized spacial score (nSPS) is 15.7. The van der Waals surface area contributed by atoms with E-state index in [1.54, 1.807) is 23.1 Å². The summed E-state index contributed by atoms with van der Waals surface area (Å²) >= 11 is 0. The van der Waals surface area contributed by atoms with Crippen LogP contribution >= 0.6 is 0 Å². The molecule has 2 aromatic carbocycles. The number of rotatable bonds is 13. The van der Waals surface area contributed by atoms with E-state index in [2.05, 4.69) is 25.0 Å². The van der Waals surface area contributed by atoms with E-state index in [9.17, 15) is 18.8 Å². The summed E-state index contributed by atoms with van der Waals surface area (Å²) in [6, 6.07) is 10.9. The summed E-state index contributed by atoms with van der Waals surface area (Å²) in [5, 5.41) is 2.83. The smallest absolute Gasteiger partial charge is 0.326 e. The number of nitrogens with zero attached hydrogens (tertiary/aromatic N) is 2. The maximum atomic E-state index is 13.6. The molecule has 0 unspecified atom stereocenters. The zero-order valence-electron chi connectivity index (χ0n) is 22.2. The molecular weight excluding hydrogens is 505 g/mol.